The Morgan fingerprint density at radius 2 is 1.82 bits per heavy atom. The Morgan fingerprint density at radius 1 is 1.09 bits per heavy atom. The number of ether oxygens (including phenoxy) is 2. The second-order valence-electron chi connectivity index (χ2n) is 7.95. The summed E-state index contributed by atoms with van der Waals surface area (Å²) in [7, 11) is -1.13. The average Bonchev–Trinajstić information content (AvgIpc) is 2.82. The maximum absolute atomic E-state index is 13.2. The number of rotatable bonds is 10. The molecule has 0 saturated carbocycles. The number of hydrogen-bond acceptors (Lipinski definition) is 6. The summed E-state index contributed by atoms with van der Waals surface area (Å²) >= 11 is 0. The van der Waals surface area contributed by atoms with Gasteiger partial charge in [0.15, 0.2) is 21.3 Å². The van der Waals surface area contributed by atoms with Gasteiger partial charge < -0.3 is 19.5 Å². The maximum Gasteiger partial charge on any atom is 0.304 e. The summed E-state index contributed by atoms with van der Waals surface area (Å²) in [5.41, 5.74) is 2.02. The fraction of sp³-hybridized carbons (Fsp3) is 0.417. The number of anilines is 1. The standard InChI is InChI=1S/C24H29NO7S/c1-31-21-13-12-19(15-22(21)32-2)33(29,30)18(16-24(27)28)9-5-11-23(26)25-14-6-8-17-7-3-4-10-20(17)25/h3-4,7,10,12-13,15,18H,5-6,8-9,11,14,16H2,1-2H3,(H,27,28). The predicted octanol–water partition coefficient (Wildman–Crippen LogP) is 3.47. The van der Waals surface area contributed by atoms with Crippen LogP contribution in [0.25, 0.3) is 0 Å². The molecule has 1 N–H and O–H groups in total. The van der Waals surface area contributed by atoms with Crippen LogP contribution >= 0.6 is 0 Å². The van der Waals surface area contributed by atoms with E-state index < -0.39 is 27.5 Å². The number of benzene rings is 2. The van der Waals surface area contributed by atoms with Gasteiger partial charge in [-0.2, -0.15) is 0 Å². The van der Waals surface area contributed by atoms with Gasteiger partial charge in [0, 0.05) is 24.7 Å². The summed E-state index contributed by atoms with van der Waals surface area (Å²) in [6.07, 6.45) is 1.72. The minimum absolute atomic E-state index is 0.0392. The molecule has 0 fully saturated rings. The van der Waals surface area contributed by atoms with Gasteiger partial charge >= 0.3 is 5.97 Å². The van der Waals surface area contributed by atoms with E-state index in [0.717, 1.165) is 24.1 Å². The van der Waals surface area contributed by atoms with Crippen LogP contribution in [0, 0.1) is 0 Å². The van der Waals surface area contributed by atoms with E-state index in [9.17, 15) is 23.1 Å². The van der Waals surface area contributed by atoms with E-state index in [-0.39, 0.29) is 35.8 Å². The molecule has 1 amide bonds. The quantitative estimate of drug-likeness (QED) is 0.560. The highest BCUT2D eigenvalue weighted by atomic mass is 32.2. The van der Waals surface area contributed by atoms with Gasteiger partial charge in [0.05, 0.1) is 30.8 Å². The van der Waals surface area contributed by atoms with Crippen molar-refractivity contribution >= 4 is 27.4 Å². The molecular weight excluding hydrogens is 446 g/mol. The van der Waals surface area contributed by atoms with E-state index in [2.05, 4.69) is 0 Å². The molecule has 0 spiro atoms. The SMILES string of the molecule is COc1ccc(S(=O)(=O)C(CCCC(=O)N2CCCc3ccccc32)CC(=O)O)cc1OC. The molecule has 1 aliphatic heterocycles. The molecule has 1 unspecified atom stereocenters. The number of amides is 1. The van der Waals surface area contributed by atoms with E-state index >= 15 is 0 Å². The number of aryl methyl sites for hydroxylation is 1. The van der Waals surface area contributed by atoms with Crippen LogP contribution in [0.15, 0.2) is 47.4 Å². The zero-order valence-corrected chi connectivity index (χ0v) is 19.6. The van der Waals surface area contributed by atoms with Crippen LogP contribution in [0.5, 0.6) is 11.5 Å². The minimum atomic E-state index is -3.97. The molecule has 0 bridgehead atoms. The zero-order chi connectivity index (χ0) is 24.0. The Morgan fingerprint density at radius 3 is 2.52 bits per heavy atom. The van der Waals surface area contributed by atoms with E-state index in [4.69, 9.17) is 9.47 Å². The molecule has 1 aliphatic rings. The van der Waals surface area contributed by atoms with Crippen LogP contribution in [0.4, 0.5) is 5.69 Å². The first-order chi connectivity index (χ1) is 15.8. The lowest BCUT2D eigenvalue weighted by atomic mass is 10.0. The number of methoxy groups -OCH3 is 2. The van der Waals surface area contributed by atoms with Gasteiger partial charge in [0.25, 0.3) is 0 Å². The molecule has 0 aromatic heterocycles. The van der Waals surface area contributed by atoms with Crippen LogP contribution in [-0.4, -0.2) is 51.4 Å². The highest BCUT2D eigenvalue weighted by molar-refractivity contribution is 7.92. The number of carbonyl (C=O) groups is 2. The van der Waals surface area contributed by atoms with E-state index in [1.54, 1.807) is 4.90 Å². The average molecular weight is 476 g/mol. The van der Waals surface area contributed by atoms with Gasteiger partial charge in [0.1, 0.15) is 0 Å². The third-order valence-electron chi connectivity index (χ3n) is 5.85. The molecule has 0 radical (unpaired) electrons. The highest BCUT2D eigenvalue weighted by Crippen LogP contribution is 2.33. The van der Waals surface area contributed by atoms with Gasteiger partial charge in [-0.25, -0.2) is 8.42 Å². The van der Waals surface area contributed by atoms with Crippen molar-refractivity contribution in [2.45, 2.75) is 48.7 Å². The topological polar surface area (TPSA) is 110 Å². The summed E-state index contributed by atoms with van der Waals surface area (Å²) in [5.74, 6) is -0.676. The molecule has 1 heterocycles. The monoisotopic (exact) mass is 475 g/mol. The second kappa shape index (κ2) is 10.7. The fourth-order valence-corrected chi connectivity index (χ4v) is 5.91. The van der Waals surface area contributed by atoms with E-state index in [0.29, 0.717) is 12.3 Å². The largest absolute Gasteiger partial charge is 0.493 e. The van der Waals surface area contributed by atoms with Crippen LogP contribution in [0.2, 0.25) is 0 Å². The third kappa shape index (κ3) is 5.65. The van der Waals surface area contributed by atoms with Crippen molar-refractivity contribution in [2.75, 3.05) is 25.7 Å². The Balaban J connectivity index is 1.72. The van der Waals surface area contributed by atoms with Gasteiger partial charge in [-0.3, -0.25) is 9.59 Å². The van der Waals surface area contributed by atoms with Crippen LogP contribution in [-0.2, 0) is 25.8 Å². The molecule has 0 saturated heterocycles. The number of fused-ring (bicyclic) bond motifs is 1. The summed E-state index contributed by atoms with van der Waals surface area (Å²) in [6.45, 7) is 0.623. The lowest BCUT2D eigenvalue weighted by molar-refractivity contribution is -0.137. The van der Waals surface area contributed by atoms with E-state index in [1.807, 2.05) is 24.3 Å². The fourth-order valence-electron chi connectivity index (χ4n) is 4.16. The zero-order valence-electron chi connectivity index (χ0n) is 18.8. The number of carboxylic acid groups (broad SMARTS) is 1. The molecule has 1 atom stereocenters. The molecule has 2 aromatic rings. The first-order valence-corrected chi connectivity index (χ1v) is 12.4. The lowest BCUT2D eigenvalue weighted by Crippen LogP contribution is -2.35. The van der Waals surface area contributed by atoms with Crippen LogP contribution < -0.4 is 14.4 Å². The van der Waals surface area contributed by atoms with Gasteiger partial charge in [-0.05, 0) is 49.4 Å². The molecular formula is C24H29NO7S. The highest BCUT2D eigenvalue weighted by Gasteiger charge is 2.31. The number of carboxylic acids is 1. The maximum atomic E-state index is 13.2. The lowest BCUT2D eigenvalue weighted by Gasteiger charge is -2.29. The van der Waals surface area contributed by atoms with Gasteiger partial charge in [-0.1, -0.05) is 18.2 Å². The smallest absolute Gasteiger partial charge is 0.304 e. The van der Waals surface area contributed by atoms with Crippen LogP contribution in [0.3, 0.4) is 0 Å². The Labute approximate surface area is 194 Å². The number of hydrogen-bond donors (Lipinski definition) is 1. The normalized spacial score (nSPS) is 14.3. The number of sulfone groups is 1. The first kappa shape index (κ1) is 24.6. The van der Waals surface area contributed by atoms with Crippen molar-refractivity contribution in [3.8, 4) is 11.5 Å². The van der Waals surface area contributed by atoms with Gasteiger partial charge in [-0.15, -0.1) is 0 Å². The minimum Gasteiger partial charge on any atom is -0.493 e. The number of aliphatic carboxylic acids is 1. The number of nitrogens with zero attached hydrogens (tertiary/aromatic N) is 1. The van der Waals surface area contributed by atoms with Gasteiger partial charge in [0.2, 0.25) is 5.91 Å². The van der Waals surface area contributed by atoms with Crippen molar-refractivity contribution in [1.82, 2.24) is 0 Å². The first-order valence-electron chi connectivity index (χ1n) is 10.8. The summed E-state index contributed by atoms with van der Waals surface area (Å²) in [6, 6.07) is 11.9. The summed E-state index contributed by atoms with van der Waals surface area (Å²) in [4.78, 5) is 26.0. The Bertz CT molecular complexity index is 1110. The Kier molecular flexibility index (Phi) is 7.97. The van der Waals surface area contributed by atoms with Crippen molar-refractivity contribution in [1.29, 1.82) is 0 Å². The number of carbonyl (C=O) groups excluding carboxylic acids is 1. The summed E-state index contributed by atoms with van der Waals surface area (Å²) in [5, 5.41) is 8.16. The second-order valence-corrected chi connectivity index (χ2v) is 10.2. The molecule has 178 valence electrons. The van der Waals surface area contributed by atoms with Crippen LogP contribution in [0.1, 0.15) is 37.7 Å². The Hall–Kier alpha value is -3.07. The molecule has 2 aromatic carbocycles. The molecule has 8 nitrogen and oxygen atoms in total. The third-order valence-corrected chi connectivity index (χ3v) is 8.04. The predicted molar refractivity (Wildman–Crippen MR) is 124 cm³/mol. The molecule has 9 heteroatoms. The number of para-hydroxylation sites is 1. The molecule has 0 aliphatic carbocycles. The van der Waals surface area contributed by atoms with Crippen molar-refractivity contribution < 1.29 is 32.6 Å². The van der Waals surface area contributed by atoms with Crippen molar-refractivity contribution in [3.63, 3.8) is 0 Å². The summed E-state index contributed by atoms with van der Waals surface area (Å²) < 4.78 is 36.8. The van der Waals surface area contributed by atoms with Crippen molar-refractivity contribution in [2.24, 2.45) is 0 Å². The van der Waals surface area contributed by atoms with Crippen molar-refractivity contribution in [3.05, 3.63) is 48.0 Å². The molecule has 3 rings (SSSR count). The molecule has 33 heavy (non-hydrogen) atoms. The van der Waals surface area contributed by atoms with E-state index in [1.165, 1.54) is 32.4 Å².